The minimum Gasteiger partial charge on any atom is -0.446 e. The van der Waals surface area contributed by atoms with E-state index in [4.69, 9.17) is 19.4 Å². The fourth-order valence-electron chi connectivity index (χ4n) is 5.15. The van der Waals surface area contributed by atoms with Crippen LogP contribution in [0.25, 0.3) is 5.65 Å². The first-order chi connectivity index (χ1) is 17.4. The van der Waals surface area contributed by atoms with E-state index in [0.717, 1.165) is 43.4 Å². The normalized spacial score (nSPS) is 22.3. The first-order valence-corrected chi connectivity index (χ1v) is 13.0. The SMILES string of the molecule is COC[C@@H]1CCCN1c1nc(NC2CCN(C(=O)OCC3(F)CNC3)CC2)n2ncc(C(C)C)c2n1. The van der Waals surface area contributed by atoms with E-state index >= 15 is 0 Å². The molecule has 1 amide bonds. The zero-order valence-corrected chi connectivity index (χ0v) is 21.4. The Labute approximate surface area is 210 Å². The number of fused-ring (bicyclic) bond motifs is 1. The molecule has 36 heavy (non-hydrogen) atoms. The summed E-state index contributed by atoms with van der Waals surface area (Å²) < 4.78 is 26.6. The van der Waals surface area contributed by atoms with Gasteiger partial charge in [0.15, 0.2) is 11.3 Å². The van der Waals surface area contributed by atoms with Gasteiger partial charge < -0.3 is 29.9 Å². The monoisotopic (exact) mass is 504 g/mol. The first-order valence-electron chi connectivity index (χ1n) is 13.0. The summed E-state index contributed by atoms with van der Waals surface area (Å²) in [6.07, 6.45) is 5.01. The number of methoxy groups -OCH3 is 1. The molecule has 3 aliphatic rings. The van der Waals surface area contributed by atoms with Gasteiger partial charge in [-0.1, -0.05) is 13.8 Å². The van der Waals surface area contributed by atoms with Gasteiger partial charge in [0, 0.05) is 51.4 Å². The summed E-state index contributed by atoms with van der Waals surface area (Å²) in [5.41, 5.74) is 0.461. The highest BCUT2D eigenvalue weighted by atomic mass is 19.1. The third-order valence-electron chi connectivity index (χ3n) is 7.42. The molecule has 0 saturated carbocycles. The quantitative estimate of drug-likeness (QED) is 0.559. The average Bonchev–Trinajstić information content (AvgIpc) is 3.49. The van der Waals surface area contributed by atoms with Crippen LogP contribution in [-0.4, -0.2) is 101 Å². The van der Waals surface area contributed by atoms with E-state index in [1.54, 1.807) is 16.5 Å². The summed E-state index contributed by atoms with van der Waals surface area (Å²) in [6.45, 7) is 7.15. The van der Waals surface area contributed by atoms with E-state index in [0.29, 0.717) is 31.6 Å². The number of alkyl halides is 1. The molecule has 0 radical (unpaired) electrons. The maximum atomic E-state index is 14.1. The Morgan fingerprint density at radius 2 is 2.03 bits per heavy atom. The van der Waals surface area contributed by atoms with Crippen molar-refractivity contribution >= 4 is 23.6 Å². The molecule has 1 atom stereocenters. The molecule has 3 saturated heterocycles. The number of amides is 1. The number of likely N-dealkylation sites (tertiary alicyclic amines) is 1. The summed E-state index contributed by atoms with van der Waals surface area (Å²) in [7, 11) is 1.73. The standard InChI is InChI=1S/C24H37FN8O3/c1-16(2)19-11-27-33-20(19)29-21(32-8-4-5-18(32)12-35-3)30-22(33)28-17-6-9-31(10-7-17)23(34)36-15-24(25)13-26-14-24/h11,16-18,26H,4-10,12-15H2,1-3H3,(H,28,29,30)/t18-/m0/s1. The molecule has 5 heterocycles. The second kappa shape index (κ2) is 10.3. The Bertz CT molecular complexity index is 1070. The molecule has 2 aromatic heterocycles. The van der Waals surface area contributed by atoms with E-state index in [9.17, 15) is 9.18 Å². The summed E-state index contributed by atoms with van der Waals surface area (Å²) in [4.78, 5) is 26.1. The van der Waals surface area contributed by atoms with Crippen molar-refractivity contribution in [1.82, 2.24) is 29.8 Å². The molecule has 0 bridgehead atoms. The van der Waals surface area contributed by atoms with Crippen molar-refractivity contribution in [3.05, 3.63) is 11.8 Å². The maximum Gasteiger partial charge on any atom is 0.409 e. The van der Waals surface area contributed by atoms with Crippen molar-refractivity contribution in [2.75, 3.05) is 63.3 Å². The number of hydrogen-bond donors (Lipinski definition) is 2. The number of rotatable bonds is 8. The molecule has 198 valence electrons. The zero-order valence-electron chi connectivity index (χ0n) is 21.4. The lowest BCUT2D eigenvalue weighted by Crippen LogP contribution is -2.59. The van der Waals surface area contributed by atoms with Crippen molar-refractivity contribution in [3.63, 3.8) is 0 Å². The van der Waals surface area contributed by atoms with Crippen molar-refractivity contribution in [3.8, 4) is 0 Å². The van der Waals surface area contributed by atoms with Gasteiger partial charge in [0.25, 0.3) is 0 Å². The number of aromatic nitrogens is 4. The Morgan fingerprint density at radius 1 is 1.25 bits per heavy atom. The van der Waals surface area contributed by atoms with Crippen molar-refractivity contribution in [2.45, 2.75) is 63.2 Å². The average molecular weight is 505 g/mol. The van der Waals surface area contributed by atoms with Gasteiger partial charge in [-0.2, -0.15) is 19.6 Å². The Morgan fingerprint density at radius 3 is 2.69 bits per heavy atom. The van der Waals surface area contributed by atoms with Crippen molar-refractivity contribution < 1.29 is 18.7 Å². The molecule has 11 nitrogen and oxygen atoms in total. The van der Waals surface area contributed by atoms with Gasteiger partial charge in [-0.3, -0.25) is 0 Å². The molecule has 2 N–H and O–H groups in total. The predicted octanol–water partition coefficient (Wildman–Crippen LogP) is 2.19. The predicted molar refractivity (Wildman–Crippen MR) is 133 cm³/mol. The van der Waals surface area contributed by atoms with Gasteiger partial charge in [-0.25, -0.2) is 9.18 Å². The van der Waals surface area contributed by atoms with Crippen molar-refractivity contribution in [2.24, 2.45) is 0 Å². The lowest BCUT2D eigenvalue weighted by Gasteiger charge is -2.36. The fourth-order valence-corrected chi connectivity index (χ4v) is 5.15. The molecule has 3 fully saturated rings. The number of carbonyl (C=O) groups is 1. The molecule has 0 aliphatic carbocycles. The Hall–Kier alpha value is -2.73. The van der Waals surface area contributed by atoms with Crippen LogP contribution in [0.1, 0.15) is 51.0 Å². The van der Waals surface area contributed by atoms with Crippen LogP contribution in [0, 0.1) is 0 Å². The van der Waals surface area contributed by atoms with E-state index in [1.807, 2.05) is 6.20 Å². The Kier molecular flexibility index (Phi) is 7.16. The minimum absolute atomic E-state index is 0.114. The van der Waals surface area contributed by atoms with Crippen LogP contribution in [0.4, 0.5) is 21.1 Å². The highest BCUT2D eigenvalue weighted by Gasteiger charge is 2.39. The molecule has 12 heteroatoms. The number of carbonyl (C=O) groups excluding carboxylic acids is 1. The summed E-state index contributed by atoms with van der Waals surface area (Å²) in [5.74, 6) is 1.63. The lowest BCUT2D eigenvalue weighted by atomic mass is 10.0. The summed E-state index contributed by atoms with van der Waals surface area (Å²) in [5, 5.41) is 11.0. The van der Waals surface area contributed by atoms with Gasteiger partial charge in [-0.05, 0) is 31.6 Å². The van der Waals surface area contributed by atoms with Crippen LogP contribution in [0.2, 0.25) is 0 Å². The van der Waals surface area contributed by atoms with Gasteiger partial charge in [0.05, 0.1) is 18.8 Å². The molecule has 0 spiro atoms. The molecule has 2 aromatic rings. The fraction of sp³-hybridized carbons (Fsp3) is 0.750. The number of piperidine rings is 1. The van der Waals surface area contributed by atoms with Crippen LogP contribution in [0.3, 0.4) is 0 Å². The van der Waals surface area contributed by atoms with Gasteiger partial charge in [0.1, 0.15) is 6.61 Å². The number of halogens is 1. The number of ether oxygens (including phenoxy) is 2. The van der Waals surface area contributed by atoms with Crippen molar-refractivity contribution in [1.29, 1.82) is 0 Å². The van der Waals surface area contributed by atoms with Gasteiger partial charge in [-0.15, -0.1) is 0 Å². The highest BCUT2D eigenvalue weighted by Crippen LogP contribution is 2.28. The molecule has 3 aliphatic heterocycles. The lowest BCUT2D eigenvalue weighted by molar-refractivity contribution is -0.00162. The van der Waals surface area contributed by atoms with E-state index in [-0.39, 0.29) is 37.7 Å². The molecule has 0 aromatic carbocycles. The zero-order chi connectivity index (χ0) is 25.3. The van der Waals surface area contributed by atoms with E-state index in [1.165, 1.54) is 0 Å². The summed E-state index contributed by atoms with van der Waals surface area (Å²) >= 11 is 0. The van der Waals surface area contributed by atoms with Crippen LogP contribution < -0.4 is 15.5 Å². The topological polar surface area (TPSA) is 109 Å². The smallest absolute Gasteiger partial charge is 0.409 e. The number of hydrogen-bond acceptors (Lipinski definition) is 9. The van der Waals surface area contributed by atoms with Crippen LogP contribution >= 0.6 is 0 Å². The second-order valence-electron chi connectivity index (χ2n) is 10.5. The third kappa shape index (κ3) is 5.06. The highest BCUT2D eigenvalue weighted by molar-refractivity contribution is 5.68. The maximum absolute atomic E-state index is 14.1. The van der Waals surface area contributed by atoms with Gasteiger partial charge >= 0.3 is 6.09 Å². The van der Waals surface area contributed by atoms with Crippen LogP contribution in [-0.2, 0) is 9.47 Å². The van der Waals surface area contributed by atoms with Crippen LogP contribution in [0.15, 0.2) is 6.20 Å². The molecule has 5 rings (SSSR count). The minimum atomic E-state index is -1.43. The molecular formula is C24H37FN8O3. The van der Waals surface area contributed by atoms with Crippen LogP contribution in [0.5, 0.6) is 0 Å². The third-order valence-corrected chi connectivity index (χ3v) is 7.42. The number of nitrogens with one attached hydrogen (secondary N) is 2. The number of anilines is 2. The number of nitrogens with zero attached hydrogens (tertiary/aromatic N) is 6. The molecule has 0 unspecified atom stereocenters. The molecular weight excluding hydrogens is 467 g/mol. The van der Waals surface area contributed by atoms with E-state index < -0.39 is 11.8 Å². The first kappa shape index (κ1) is 24.9. The Balaban J connectivity index is 1.29. The second-order valence-corrected chi connectivity index (χ2v) is 10.5. The van der Waals surface area contributed by atoms with E-state index in [2.05, 4.69) is 34.5 Å². The van der Waals surface area contributed by atoms with Gasteiger partial charge in [0.2, 0.25) is 11.9 Å². The summed E-state index contributed by atoms with van der Waals surface area (Å²) in [6, 6.07) is 0.368. The largest absolute Gasteiger partial charge is 0.446 e.